The summed E-state index contributed by atoms with van der Waals surface area (Å²) < 4.78 is 101. The van der Waals surface area contributed by atoms with Crippen molar-refractivity contribution < 1.29 is 53.4 Å². The molecular formula is C39H45ClN3O11S3+. The van der Waals surface area contributed by atoms with Gasteiger partial charge in [-0.05, 0) is 90.4 Å². The van der Waals surface area contributed by atoms with Crippen LogP contribution < -0.4 is 9.47 Å². The Balaban J connectivity index is 1.61. The van der Waals surface area contributed by atoms with Crippen molar-refractivity contribution in [3.63, 3.8) is 0 Å². The number of pyridine rings is 1. The van der Waals surface area contributed by atoms with Crippen LogP contribution in [0, 0.1) is 0 Å². The fourth-order valence-corrected chi connectivity index (χ4v) is 8.80. The minimum atomic E-state index is -4.54. The summed E-state index contributed by atoms with van der Waals surface area (Å²) in [7, 11) is -13.0. The fraction of sp³-hybridized carbons (Fsp3) is 0.359. The van der Waals surface area contributed by atoms with Gasteiger partial charge in [-0.1, -0.05) is 61.9 Å². The van der Waals surface area contributed by atoms with Crippen LogP contribution in [-0.2, 0) is 58.9 Å². The number of hydrogen-bond donors (Lipinski definition) is 4. The maximum absolute atomic E-state index is 12.1. The minimum absolute atomic E-state index is 0.0360. The van der Waals surface area contributed by atoms with Crippen molar-refractivity contribution in [1.29, 1.82) is 0 Å². The standard InChI is InChI=1S/C39H44ClN3O11S3/c1-38(2)32-23-29(40)25-42(19-5-21-55(46,47)48)37(32)41-34(38)16-12-28(27-10-7-26(8-11-27)9-18-36(44)45)13-17-35-39(3,4)31-24-30(57(52,53)54)14-15-33(31)43(35)20-6-22-56(49,50)51/h7-8,10-17,23-25H,5-6,9,18-22H2,1-4H3,(H3-,44,45,46,47,48,49,50,51,52,53,54)/p+1. The first kappa shape index (κ1) is 43.9. The Morgan fingerprint density at radius 3 is 2.14 bits per heavy atom. The molecule has 1 aromatic heterocycles. The molecule has 0 aliphatic carbocycles. The topological polar surface area (TPSA) is 220 Å². The molecule has 3 aromatic rings. The number of carboxylic acid groups (broad SMARTS) is 1. The molecule has 0 atom stereocenters. The van der Waals surface area contributed by atoms with Crippen LogP contribution in [-0.4, -0.2) is 73.7 Å². The number of allylic oxidation sites excluding steroid dienone is 6. The molecule has 2 aliphatic rings. The number of benzene rings is 2. The molecule has 0 radical (unpaired) electrons. The van der Waals surface area contributed by atoms with Crippen LogP contribution >= 0.6 is 11.6 Å². The van der Waals surface area contributed by atoms with E-state index in [2.05, 4.69) is 0 Å². The zero-order valence-electron chi connectivity index (χ0n) is 31.8. The molecule has 0 unspecified atom stereocenters. The summed E-state index contributed by atoms with van der Waals surface area (Å²) in [6.07, 6.45) is 9.56. The summed E-state index contributed by atoms with van der Waals surface area (Å²) >= 11 is 6.50. The number of fused-ring (bicyclic) bond motifs is 2. The van der Waals surface area contributed by atoms with E-state index in [4.69, 9.17) is 16.6 Å². The third kappa shape index (κ3) is 10.6. The average molecular weight is 863 g/mol. The van der Waals surface area contributed by atoms with Gasteiger partial charge in [-0.25, -0.2) is 4.57 Å². The lowest BCUT2D eigenvalue weighted by molar-refractivity contribution is -0.684. The number of carboxylic acids is 1. The summed E-state index contributed by atoms with van der Waals surface area (Å²) in [5, 5.41) is 9.62. The third-order valence-electron chi connectivity index (χ3n) is 10.1. The van der Waals surface area contributed by atoms with Crippen LogP contribution in [0.2, 0.25) is 5.02 Å². The van der Waals surface area contributed by atoms with Crippen molar-refractivity contribution in [2.24, 2.45) is 4.99 Å². The van der Waals surface area contributed by atoms with Gasteiger partial charge in [-0.2, -0.15) is 25.3 Å². The lowest BCUT2D eigenvalue weighted by Crippen LogP contribution is -2.36. The Morgan fingerprint density at radius 2 is 1.53 bits per heavy atom. The molecule has 306 valence electrons. The van der Waals surface area contributed by atoms with Crippen LogP contribution in [0.15, 0.2) is 94.6 Å². The zero-order chi connectivity index (χ0) is 42.1. The van der Waals surface area contributed by atoms with Crippen LogP contribution in [0.1, 0.15) is 69.2 Å². The van der Waals surface area contributed by atoms with Gasteiger partial charge >= 0.3 is 11.8 Å². The molecule has 3 heterocycles. The minimum Gasteiger partial charge on any atom is -0.481 e. The predicted molar refractivity (Wildman–Crippen MR) is 218 cm³/mol. The predicted octanol–water partition coefficient (Wildman–Crippen LogP) is 6.13. The average Bonchev–Trinajstić information content (AvgIpc) is 3.47. The summed E-state index contributed by atoms with van der Waals surface area (Å²) in [6.45, 7) is 8.09. The van der Waals surface area contributed by atoms with E-state index in [1.165, 1.54) is 12.1 Å². The number of anilines is 1. The second-order valence-corrected chi connectivity index (χ2v) is 20.0. The van der Waals surface area contributed by atoms with Gasteiger partial charge in [-0.15, -0.1) is 0 Å². The number of carbonyl (C=O) groups is 1. The van der Waals surface area contributed by atoms with E-state index < -0.39 is 58.7 Å². The van der Waals surface area contributed by atoms with Gasteiger partial charge in [0.25, 0.3) is 30.4 Å². The van der Waals surface area contributed by atoms with E-state index in [-0.39, 0.29) is 37.2 Å². The number of aryl methyl sites for hydroxylation is 2. The van der Waals surface area contributed by atoms with Crippen molar-refractivity contribution in [2.75, 3.05) is 23.0 Å². The van der Waals surface area contributed by atoms with Gasteiger partial charge in [-0.3, -0.25) is 18.5 Å². The van der Waals surface area contributed by atoms with E-state index in [1.807, 2.05) is 81.2 Å². The van der Waals surface area contributed by atoms with Gasteiger partial charge in [0.2, 0.25) is 0 Å². The highest BCUT2D eigenvalue weighted by Gasteiger charge is 2.43. The van der Waals surface area contributed by atoms with E-state index >= 15 is 0 Å². The maximum atomic E-state index is 12.1. The Hall–Kier alpha value is -4.23. The van der Waals surface area contributed by atoms with Crippen LogP contribution in [0.4, 0.5) is 11.5 Å². The second-order valence-electron chi connectivity index (χ2n) is 15.0. The lowest BCUT2D eigenvalue weighted by atomic mass is 9.81. The van der Waals surface area contributed by atoms with Crippen molar-refractivity contribution in [1.82, 2.24) is 0 Å². The Morgan fingerprint density at radius 1 is 0.877 bits per heavy atom. The van der Waals surface area contributed by atoms with Crippen molar-refractivity contribution in [3.8, 4) is 0 Å². The molecule has 0 saturated heterocycles. The number of halogens is 1. The van der Waals surface area contributed by atoms with E-state index in [0.717, 1.165) is 16.7 Å². The molecule has 0 amide bonds. The van der Waals surface area contributed by atoms with Gasteiger partial charge in [0, 0.05) is 36.2 Å². The Bertz CT molecular complexity index is 2540. The highest BCUT2D eigenvalue weighted by atomic mass is 35.5. The maximum Gasteiger partial charge on any atom is 0.327 e. The molecule has 57 heavy (non-hydrogen) atoms. The molecule has 14 nitrogen and oxygen atoms in total. The number of rotatable bonds is 16. The van der Waals surface area contributed by atoms with Crippen molar-refractivity contribution in [2.45, 2.75) is 75.6 Å². The normalized spacial score (nSPS) is 17.3. The summed E-state index contributed by atoms with van der Waals surface area (Å²) in [4.78, 5) is 17.7. The summed E-state index contributed by atoms with van der Waals surface area (Å²) in [6, 6.07) is 13.4. The molecule has 0 saturated carbocycles. The fourth-order valence-electron chi connectivity index (χ4n) is 7.08. The molecule has 2 aliphatic heterocycles. The number of aliphatic carboxylic acids is 1. The largest absolute Gasteiger partial charge is 0.481 e. The van der Waals surface area contributed by atoms with E-state index in [1.54, 1.807) is 22.9 Å². The SMILES string of the molecule is CC1(C)C(/C=C/C(=C/C=C2/N(CCCS(=O)(=O)O)c3ccc(S(=O)(=O)O)cc3C2(C)C)c2ccc(CCC(=O)O)cc2)=Nc2c1cc(Cl)c[n+]2CCCS(=O)(=O)O. The molecule has 0 bridgehead atoms. The zero-order valence-corrected chi connectivity index (χ0v) is 35.0. The monoisotopic (exact) mass is 862 g/mol. The molecular weight excluding hydrogens is 818 g/mol. The van der Waals surface area contributed by atoms with E-state index in [9.17, 15) is 48.8 Å². The Kier molecular flexibility index (Phi) is 12.7. The molecule has 0 spiro atoms. The number of nitrogens with zero attached hydrogens (tertiary/aromatic N) is 3. The third-order valence-corrected chi connectivity index (χ3v) is 12.8. The first-order valence-electron chi connectivity index (χ1n) is 17.9. The number of aromatic nitrogens is 1. The molecule has 0 fully saturated rings. The molecule has 2 aromatic carbocycles. The summed E-state index contributed by atoms with van der Waals surface area (Å²) in [5.41, 5.74) is 4.13. The quantitative estimate of drug-likeness (QED) is 0.0726. The van der Waals surface area contributed by atoms with Crippen molar-refractivity contribution in [3.05, 3.63) is 112 Å². The van der Waals surface area contributed by atoms with E-state index in [0.29, 0.717) is 45.5 Å². The number of hydrogen-bond acceptors (Lipinski definition) is 9. The molecule has 5 rings (SSSR count). The van der Waals surface area contributed by atoms with Gasteiger partial charge < -0.3 is 10.0 Å². The van der Waals surface area contributed by atoms with Crippen molar-refractivity contribution >= 4 is 70.7 Å². The van der Waals surface area contributed by atoms with Crippen LogP contribution in [0.25, 0.3) is 5.57 Å². The lowest BCUT2D eigenvalue weighted by Gasteiger charge is -2.27. The smallest absolute Gasteiger partial charge is 0.327 e. The summed E-state index contributed by atoms with van der Waals surface area (Å²) in [5.74, 6) is -1.26. The van der Waals surface area contributed by atoms with Gasteiger partial charge in [0.05, 0.1) is 38.9 Å². The number of aliphatic imine (C=N–C) groups is 1. The molecule has 4 N–H and O–H groups in total. The first-order chi connectivity index (χ1) is 26.4. The van der Waals surface area contributed by atoms with Crippen LogP contribution in [0.5, 0.6) is 0 Å². The Labute approximate surface area is 338 Å². The highest BCUT2D eigenvalue weighted by molar-refractivity contribution is 7.86. The highest BCUT2D eigenvalue weighted by Crippen LogP contribution is 2.49. The van der Waals surface area contributed by atoms with Gasteiger partial charge in [0.1, 0.15) is 6.20 Å². The molecule has 18 heteroatoms. The first-order valence-corrected chi connectivity index (χ1v) is 22.9. The van der Waals surface area contributed by atoms with Gasteiger partial charge in [0.15, 0.2) is 5.71 Å². The van der Waals surface area contributed by atoms with Crippen LogP contribution in [0.3, 0.4) is 0 Å². The second kappa shape index (κ2) is 16.6.